The van der Waals surface area contributed by atoms with Gasteiger partial charge in [0, 0.05) is 11.6 Å². The Labute approximate surface area is 119 Å². The molecule has 3 N–H and O–H groups in total. The minimum atomic E-state index is -0.599. The molecule has 0 radical (unpaired) electrons. The number of hydrogen-bond acceptors (Lipinski definition) is 5. The fourth-order valence-corrected chi connectivity index (χ4v) is 2.97. The molecule has 1 heterocycles. The molecule has 0 spiro atoms. The molecule has 1 fully saturated rings. The van der Waals surface area contributed by atoms with E-state index in [1.807, 2.05) is 6.20 Å². The fraction of sp³-hybridized carbons (Fsp3) is 0.857. The van der Waals surface area contributed by atoms with Crippen molar-refractivity contribution in [2.45, 2.75) is 57.6 Å². The van der Waals surface area contributed by atoms with E-state index in [-0.39, 0.29) is 19.3 Å². The average molecular weight is 283 g/mol. The van der Waals surface area contributed by atoms with Crippen LogP contribution >= 0.6 is 0 Å². The summed E-state index contributed by atoms with van der Waals surface area (Å²) in [5.41, 5.74) is 0.342. The highest BCUT2D eigenvalue weighted by molar-refractivity contribution is 5.00. The predicted molar refractivity (Wildman–Crippen MR) is 74.1 cm³/mol. The summed E-state index contributed by atoms with van der Waals surface area (Å²) >= 11 is 0. The molecule has 1 saturated carbocycles. The summed E-state index contributed by atoms with van der Waals surface area (Å²) in [4.78, 5) is 0. The molecule has 0 aliphatic heterocycles. The van der Waals surface area contributed by atoms with E-state index < -0.39 is 11.5 Å². The van der Waals surface area contributed by atoms with Gasteiger partial charge in [0.2, 0.25) is 0 Å². The fourth-order valence-electron chi connectivity index (χ4n) is 2.97. The molecule has 1 aromatic rings. The van der Waals surface area contributed by atoms with Crippen molar-refractivity contribution in [3.05, 3.63) is 11.9 Å². The molecule has 0 amide bonds. The molecule has 0 aromatic carbocycles. The van der Waals surface area contributed by atoms with E-state index in [0.717, 1.165) is 18.5 Å². The normalized spacial score (nSPS) is 25.2. The van der Waals surface area contributed by atoms with Crippen molar-refractivity contribution >= 4 is 0 Å². The molecule has 6 nitrogen and oxygen atoms in total. The van der Waals surface area contributed by atoms with Crippen molar-refractivity contribution in [3.63, 3.8) is 0 Å². The Morgan fingerprint density at radius 3 is 2.65 bits per heavy atom. The van der Waals surface area contributed by atoms with Crippen LogP contribution in [0.4, 0.5) is 0 Å². The van der Waals surface area contributed by atoms with Crippen molar-refractivity contribution < 1.29 is 15.3 Å². The van der Waals surface area contributed by atoms with Crippen LogP contribution in [0.25, 0.3) is 0 Å². The van der Waals surface area contributed by atoms with E-state index in [1.165, 1.54) is 12.8 Å². The molecule has 2 atom stereocenters. The van der Waals surface area contributed by atoms with Crippen molar-refractivity contribution in [1.29, 1.82) is 0 Å². The Kier molecular flexibility index (Phi) is 5.12. The van der Waals surface area contributed by atoms with E-state index in [2.05, 4.69) is 17.2 Å². The second-order valence-electron chi connectivity index (χ2n) is 6.01. The third-order valence-corrected chi connectivity index (χ3v) is 4.33. The second-order valence-corrected chi connectivity index (χ2v) is 6.01. The van der Waals surface area contributed by atoms with Crippen molar-refractivity contribution in [3.8, 4) is 0 Å². The number of aliphatic hydroxyl groups excluding tert-OH is 3. The molecular formula is C14H25N3O3. The van der Waals surface area contributed by atoms with Crippen LogP contribution in [0, 0.1) is 5.41 Å². The number of aryl methyl sites for hydroxylation is 1. The van der Waals surface area contributed by atoms with Gasteiger partial charge in [0.05, 0.1) is 31.1 Å². The molecule has 114 valence electrons. The minimum Gasteiger partial charge on any atom is -0.396 e. The molecule has 2 rings (SSSR count). The topological polar surface area (TPSA) is 91.4 Å². The SMILES string of the molecule is CCCCCc1cn([C@@H]2CC(CO)(CO)C[C@@H]2O)nn1. The first-order valence-corrected chi connectivity index (χ1v) is 7.44. The molecule has 0 unspecified atom stereocenters. The summed E-state index contributed by atoms with van der Waals surface area (Å²) in [5, 5.41) is 37.3. The van der Waals surface area contributed by atoms with Crippen LogP contribution in [-0.4, -0.2) is 49.6 Å². The second kappa shape index (κ2) is 6.65. The third kappa shape index (κ3) is 3.19. The minimum absolute atomic E-state index is 0.116. The van der Waals surface area contributed by atoms with Crippen molar-refractivity contribution in [1.82, 2.24) is 15.0 Å². The van der Waals surface area contributed by atoms with Gasteiger partial charge >= 0.3 is 0 Å². The zero-order chi connectivity index (χ0) is 14.6. The summed E-state index contributed by atoms with van der Waals surface area (Å²) in [7, 11) is 0. The predicted octanol–water partition coefficient (Wildman–Crippen LogP) is 0.678. The van der Waals surface area contributed by atoms with E-state index in [9.17, 15) is 15.3 Å². The Balaban J connectivity index is 2.01. The van der Waals surface area contributed by atoms with E-state index >= 15 is 0 Å². The van der Waals surface area contributed by atoms with Crippen LogP contribution in [0.15, 0.2) is 6.20 Å². The lowest BCUT2D eigenvalue weighted by atomic mass is 9.88. The Hall–Kier alpha value is -0.980. The zero-order valence-electron chi connectivity index (χ0n) is 12.1. The molecule has 1 aromatic heterocycles. The lowest BCUT2D eigenvalue weighted by Crippen LogP contribution is -2.27. The van der Waals surface area contributed by atoms with Gasteiger partial charge in [-0.2, -0.15) is 0 Å². The largest absolute Gasteiger partial charge is 0.396 e. The van der Waals surface area contributed by atoms with Gasteiger partial charge in [-0.3, -0.25) is 0 Å². The highest BCUT2D eigenvalue weighted by atomic mass is 16.3. The van der Waals surface area contributed by atoms with Crippen molar-refractivity contribution in [2.24, 2.45) is 5.41 Å². The Bertz CT molecular complexity index is 418. The van der Waals surface area contributed by atoms with Crippen LogP contribution in [0.3, 0.4) is 0 Å². The van der Waals surface area contributed by atoms with Crippen LogP contribution in [0.1, 0.15) is 50.8 Å². The summed E-state index contributed by atoms with van der Waals surface area (Å²) in [5.74, 6) is 0. The molecule has 1 aliphatic carbocycles. The lowest BCUT2D eigenvalue weighted by Gasteiger charge is -2.23. The van der Waals surface area contributed by atoms with Crippen LogP contribution in [-0.2, 0) is 6.42 Å². The van der Waals surface area contributed by atoms with E-state index in [4.69, 9.17) is 0 Å². The maximum atomic E-state index is 10.2. The average Bonchev–Trinajstić information content (AvgIpc) is 3.04. The molecule has 0 bridgehead atoms. The van der Waals surface area contributed by atoms with Crippen molar-refractivity contribution in [2.75, 3.05) is 13.2 Å². The highest BCUT2D eigenvalue weighted by Gasteiger charge is 2.45. The summed E-state index contributed by atoms with van der Waals surface area (Å²) in [6.45, 7) is 1.93. The molecule has 0 saturated heterocycles. The highest BCUT2D eigenvalue weighted by Crippen LogP contribution is 2.43. The monoisotopic (exact) mass is 283 g/mol. The van der Waals surface area contributed by atoms with Gasteiger partial charge in [0.1, 0.15) is 0 Å². The van der Waals surface area contributed by atoms with E-state index in [0.29, 0.717) is 12.8 Å². The summed E-state index contributed by atoms with van der Waals surface area (Å²) < 4.78 is 1.69. The van der Waals surface area contributed by atoms with Gasteiger partial charge in [0.25, 0.3) is 0 Å². The number of nitrogens with zero attached hydrogens (tertiary/aromatic N) is 3. The first-order chi connectivity index (χ1) is 9.64. The maximum absolute atomic E-state index is 10.2. The smallest absolute Gasteiger partial charge is 0.0827 e. The quantitative estimate of drug-likeness (QED) is 0.640. The van der Waals surface area contributed by atoms with Crippen LogP contribution < -0.4 is 0 Å². The first-order valence-electron chi connectivity index (χ1n) is 7.44. The number of unbranched alkanes of at least 4 members (excludes halogenated alkanes) is 2. The van der Waals surface area contributed by atoms with Gasteiger partial charge in [-0.05, 0) is 25.7 Å². The van der Waals surface area contributed by atoms with Crippen LogP contribution in [0.5, 0.6) is 0 Å². The summed E-state index contributed by atoms with van der Waals surface area (Å²) in [6.07, 6.45) is 6.56. The number of rotatable bonds is 7. The number of hydrogen-bond donors (Lipinski definition) is 3. The Morgan fingerprint density at radius 1 is 1.30 bits per heavy atom. The Morgan fingerprint density at radius 2 is 2.05 bits per heavy atom. The third-order valence-electron chi connectivity index (χ3n) is 4.33. The van der Waals surface area contributed by atoms with Gasteiger partial charge in [-0.1, -0.05) is 25.0 Å². The van der Waals surface area contributed by atoms with Gasteiger partial charge < -0.3 is 15.3 Å². The molecule has 1 aliphatic rings. The first kappa shape index (κ1) is 15.4. The van der Waals surface area contributed by atoms with Gasteiger partial charge in [-0.25, -0.2) is 4.68 Å². The summed E-state index contributed by atoms with van der Waals surface area (Å²) in [6, 6.07) is -0.207. The molecular weight excluding hydrogens is 258 g/mol. The zero-order valence-corrected chi connectivity index (χ0v) is 12.1. The van der Waals surface area contributed by atoms with Crippen LogP contribution in [0.2, 0.25) is 0 Å². The standard InChI is InChI=1S/C14H25N3O3/c1-2-3-4-5-11-8-17(16-15-11)12-6-14(9-18,10-19)7-13(12)20/h8,12-13,18-20H,2-7,9-10H2,1H3/t12-,13+/m1/s1. The maximum Gasteiger partial charge on any atom is 0.0827 e. The lowest BCUT2D eigenvalue weighted by molar-refractivity contribution is 0.0466. The number of aromatic nitrogens is 3. The number of aliphatic hydroxyl groups is 3. The molecule has 20 heavy (non-hydrogen) atoms. The van der Waals surface area contributed by atoms with Gasteiger partial charge in [-0.15, -0.1) is 5.10 Å². The van der Waals surface area contributed by atoms with E-state index in [1.54, 1.807) is 4.68 Å². The molecule has 6 heteroatoms. The van der Waals surface area contributed by atoms with Gasteiger partial charge in [0.15, 0.2) is 0 Å².